The molecule has 0 saturated carbocycles. The van der Waals surface area contributed by atoms with E-state index in [1.54, 1.807) is 0 Å². The molecule has 0 aliphatic rings. The summed E-state index contributed by atoms with van der Waals surface area (Å²) in [5, 5.41) is 0. The van der Waals surface area contributed by atoms with E-state index in [1.807, 2.05) is 0 Å². The van der Waals surface area contributed by atoms with Crippen LogP contribution in [0.3, 0.4) is 0 Å². The lowest BCUT2D eigenvalue weighted by molar-refractivity contribution is -0.167. The SMILES string of the molecule is CCCCCCCC(=O)O[C@H](COC(=O)CCCCCCCCCCCCCCCCCCCCC(C)C)COC(=O)CCCCCCCCCCCCCCCC(C)C. The quantitative estimate of drug-likeness (QED) is 0.0345. The molecule has 1 atom stereocenters. The Morgan fingerprint density at radius 2 is 0.550 bits per heavy atom. The molecule has 6 nitrogen and oxygen atoms in total. The Morgan fingerprint density at radius 3 is 0.817 bits per heavy atom. The third kappa shape index (κ3) is 47.5. The summed E-state index contributed by atoms with van der Waals surface area (Å²) in [6.45, 7) is 11.3. The maximum absolute atomic E-state index is 12.6. The molecular formula is C54H104O6. The second-order valence-corrected chi connectivity index (χ2v) is 19.5. The Hall–Kier alpha value is -1.59. The monoisotopic (exact) mass is 849 g/mol. The van der Waals surface area contributed by atoms with Crippen molar-refractivity contribution in [3.8, 4) is 0 Å². The van der Waals surface area contributed by atoms with Crippen LogP contribution in [-0.4, -0.2) is 37.2 Å². The van der Waals surface area contributed by atoms with Crippen LogP contribution in [0.5, 0.6) is 0 Å². The maximum Gasteiger partial charge on any atom is 0.306 e. The van der Waals surface area contributed by atoms with Gasteiger partial charge in [0.15, 0.2) is 6.10 Å². The van der Waals surface area contributed by atoms with Crippen molar-refractivity contribution in [2.24, 2.45) is 11.8 Å². The molecule has 60 heavy (non-hydrogen) atoms. The summed E-state index contributed by atoms with van der Waals surface area (Å²) in [4.78, 5) is 37.7. The molecule has 0 aliphatic heterocycles. The maximum atomic E-state index is 12.6. The van der Waals surface area contributed by atoms with Crippen LogP contribution in [0.15, 0.2) is 0 Å². The molecule has 0 amide bonds. The van der Waals surface area contributed by atoms with E-state index in [4.69, 9.17) is 14.2 Å². The molecule has 0 aromatic carbocycles. The first-order chi connectivity index (χ1) is 29.2. The fourth-order valence-corrected chi connectivity index (χ4v) is 8.17. The molecule has 0 rings (SSSR count). The second-order valence-electron chi connectivity index (χ2n) is 19.5. The molecule has 0 aromatic rings. The number of esters is 3. The zero-order valence-corrected chi connectivity index (χ0v) is 41.1. The molecule has 6 heteroatoms. The summed E-state index contributed by atoms with van der Waals surface area (Å²) in [6.07, 6.45) is 48.5. The van der Waals surface area contributed by atoms with Crippen molar-refractivity contribution in [3.63, 3.8) is 0 Å². The summed E-state index contributed by atoms with van der Waals surface area (Å²) in [7, 11) is 0. The standard InChI is InChI=1S/C54H104O6/c1-6-7-8-32-41-46-54(57)60-51(48-59-53(56)45-40-36-31-27-23-19-15-17-21-25-29-34-38-43-50(4)5)47-58-52(55)44-39-35-30-26-22-18-14-12-10-9-11-13-16-20-24-28-33-37-42-49(2)3/h49-51H,6-48H2,1-5H3/t51-/m1/s1. The van der Waals surface area contributed by atoms with Crippen LogP contribution >= 0.6 is 0 Å². The summed E-state index contributed by atoms with van der Waals surface area (Å²) in [6, 6.07) is 0. The number of hydrogen-bond acceptors (Lipinski definition) is 6. The molecule has 356 valence electrons. The molecule has 0 aromatic heterocycles. The molecule has 0 saturated heterocycles. The van der Waals surface area contributed by atoms with E-state index >= 15 is 0 Å². The Labute approximate surface area is 374 Å². The predicted molar refractivity (Wildman–Crippen MR) is 256 cm³/mol. The van der Waals surface area contributed by atoms with E-state index in [0.717, 1.165) is 76.0 Å². The molecule has 0 bridgehead atoms. The zero-order valence-electron chi connectivity index (χ0n) is 41.1. The van der Waals surface area contributed by atoms with Crippen molar-refractivity contribution < 1.29 is 28.6 Å². The van der Waals surface area contributed by atoms with Crippen LogP contribution in [-0.2, 0) is 28.6 Å². The van der Waals surface area contributed by atoms with E-state index in [0.29, 0.717) is 19.3 Å². The average Bonchev–Trinajstić information content (AvgIpc) is 3.22. The average molecular weight is 849 g/mol. The number of rotatable bonds is 48. The topological polar surface area (TPSA) is 78.9 Å². The van der Waals surface area contributed by atoms with Crippen LogP contribution in [0, 0.1) is 11.8 Å². The smallest absolute Gasteiger partial charge is 0.306 e. The molecule has 0 spiro atoms. The van der Waals surface area contributed by atoms with Gasteiger partial charge < -0.3 is 14.2 Å². The van der Waals surface area contributed by atoms with Gasteiger partial charge in [0.05, 0.1) is 0 Å². The predicted octanol–water partition coefficient (Wildman–Crippen LogP) is 17.3. The lowest BCUT2D eigenvalue weighted by Gasteiger charge is -2.18. The molecule has 0 N–H and O–H groups in total. The van der Waals surface area contributed by atoms with Crippen molar-refractivity contribution in [1.29, 1.82) is 0 Å². The summed E-state index contributed by atoms with van der Waals surface area (Å²) in [5.74, 6) is 0.838. The summed E-state index contributed by atoms with van der Waals surface area (Å²) >= 11 is 0. The van der Waals surface area contributed by atoms with E-state index in [2.05, 4.69) is 34.6 Å². The minimum absolute atomic E-state index is 0.0648. The highest BCUT2D eigenvalue weighted by molar-refractivity contribution is 5.71. The van der Waals surface area contributed by atoms with Crippen molar-refractivity contribution >= 4 is 17.9 Å². The minimum atomic E-state index is -0.759. The van der Waals surface area contributed by atoms with Crippen LogP contribution in [0.1, 0.15) is 298 Å². The molecule has 0 fully saturated rings. The van der Waals surface area contributed by atoms with Gasteiger partial charge >= 0.3 is 17.9 Å². The minimum Gasteiger partial charge on any atom is -0.462 e. The van der Waals surface area contributed by atoms with Crippen LogP contribution < -0.4 is 0 Å². The van der Waals surface area contributed by atoms with Gasteiger partial charge in [-0.15, -0.1) is 0 Å². The zero-order chi connectivity index (χ0) is 44.0. The van der Waals surface area contributed by atoms with E-state index in [-0.39, 0.29) is 31.1 Å². The Balaban J connectivity index is 4.01. The van der Waals surface area contributed by atoms with Crippen LogP contribution in [0.25, 0.3) is 0 Å². The van der Waals surface area contributed by atoms with Crippen molar-refractivity contribution in [3.05, 3.63) is 0 Å². The molecule has 0 radical (unpaired) electrons. The van der Waals surface area contributed by atoms with Crippen LogP contribution in [0.2, 0.25) is 0 Å². The number of carbonyl (C=O) groups excluding carboxylic acids is 3. The van der Waals surface area contributed by atoms with E-state index in [1.165, 1.54) is 180 Å². The van der Waals surface area contributed by atoms with Gasteiger partial charge in [-0.2, -0.15) is 0 Å². The van der Waals surface area contributed by atoms with Crippen molar-refractivity contribution in [2.75, 3.05) is 13.2 Å². The van der Waals surface area contributed by atoms with Crippen molar-refractivity contribution in [1.82, 2.24) is 0 Å². The van der Waals surface area contributed by atoms with E-state index < -0.39 is 6.10 Å². The van der Waals surface area contributed by atoms with Gasteiger partial charge in [0, 0.05) is 19.3 Å². The fourth-order valence-electron chi connectivity index (χ4n) is 8.17. The highest BCUT2D eigenvalue weighted by atomic mass is 16.6. The highest BCUT2D eigenvalue weighted by Gasteiger charge is 2.19. The first-order valence-electron chi connectivity index (χ1n) is 26.7. The Morgan fingerprint density at radius 1 is 0.317 bits per heavy atom. The lowest BCUT2D eigenvalue weighted by atomic mass is 10.0. The number of unbranched alkanes of at least 4 members (excludes halogenated alkanes) is 33. The largest absolute Gasteiger partial charge is 0.462 e. The van der Waals surface area contributed by atoms with Crippen LogP contribution in [0.4, 0.5) is 0 Å². The summed E-state index contributed by atoms with van der Waals surface area (Å²) in [5.41, 5.74) is 0. The molecular weight excluding hydrogens is 745 g/mol. The van der Waals surface area contributed by atoms with Gasteiger partial charge in [0.1, 0.15) is 13.2 Å². The van der Waals surface area contributed by atoms with Gasteiger partial charge in [-0.3, -0.25) is 14.4 Å². The Bertz CT molecular complexity index is 916. The summed E-state index contributed by atoms with van der Waals surface area (Å²) < 4.78 is 16.7. The fraction of sp³-hybridized carbons (Fsp3) is 0.944. The first-order valence-corrected chi connectivity index (χ1v) is 26.7. The van der Waals surface area contributed by atoms with Gasteiger partial charge in [-0.25, -0.2) is 0 Å². The van der Waals surface area contributed by atoms with Gasteiger partial charge in [-0.05, 0) is 31.1 Å². The number of ether oxygens (including phenoxy) is 3. The van der Waals surface area contributed by atoms with Gasteiger partial charge in [0.2, 0.25) is 0 Å². The van der Waals surface area contributed by atoms with Gasteiger partial charge in [-0.1, -0.05) is 259 Å². The highest BCUT2D eigenvalue weighted by Crippen LogP contribution is 2.18. The van der Waals surface area contributed by atoms with Crippen molar-refractivity contribution in [2.45, 2.75) is 304 Å². The third-order valence-electron chi connectivity index (χ3n) is 12.2. The molecule has 0 unspecified atom stereocenters. The van der Waals surface area contributed by atoms with E-state index in [9.17, 15) is 14.4 Å². The molecule has 0 heterocycles. The lowest BCUT2D eigenvalue weighted by Crippen LogP contribution is -2.30. The second kappa shape index (κ2) is 46.9. The number of carbonyl (C=O) groups is 3. The normalized spacial score (nSPS) is 12.1. The third-order valence-corrected chi connectivity index (χ3v) is 12.2. The first kappa shape index (κ1) is 58.4. The number of hydrogen-bond donors (Lipinski definition) is 0. The Kier molecular flexibility index (Phi) is 45.7. The molecule has 0 aliphatic carbocycles. The van der Waals surface area contributed by atoms with Gasteiger partial charge in [0.25, 0.3) is 0 Å².